The summed E-state index contributed by atoms with van der Waals surface area (Å²) in [6.45, 7) is 3.91. The predicted molar refractivity (Wildman–Crippen MR) is 49.8 cm³/mol. The minimum atomic E-state index is -0.405. The highest BCUT2D eigenvalue weighted by atomic mass is 79.9. The summed E-state index contributed by atoms with van der Waals surface area (Å²) in [5, 5.41) is 9.45. The van der Waals surface area contributed by atoms with Crippen molar-refractivity contribution in [1.29, 1.82) is 0 Å². The molecule has 0 spiro atoms. The van der Waals surface area contributed by atoms with Crippen LogP contribution < -0.4 is 0 Å². The number of rotatable bonds is 2. The van der Waals surface area contributed by atoms with E-state index in [9.17, 15) is 5.11 Å². The van der Waals surface area contributed by atoms with Crippen LogP contribution in [-0.2, 0) is 0 Å². The van der Waals surface area contributed by atoms with Gasteiger partial charge in [-0.15, -0.1) is 11.3 Å². The second-order valence-electron chi connectivity index (χ2n) is 2.33. The van der Waals surface area contributed by atoms with Crippen molar-refractivity contribution in [1.82, 2.24) is 4.98 Å². The molecule has 1 atom stereocenters. The molecular weight excluding hydrogens is 226 g/mol. The summed E-state index contributed by atoms with van der Waals surface area (Å²) in [7, 11) is 0. The molecule has 62 valence electrons. The predicted octanol–water partition coefficient (Wildman–Crippen LogP) is 2.66. The van der Waals surface area contributed by atoms with Gasteiger partial charge in [0.2, 0.25) is 0 Å². The largest absolute Gasteiger partial charge is 0.387 e. The van der Waals surface area contributed by atoms with Crippen molar-refractivity contribution in [2.24, 2.45) is 0 Å². The van der Waals surface area contributed by atoms with Gasteiger partial charge in [-0.3, -0.25) is 0 Å². The smallest absolute Gasteiger partial charge is 0.159 e. The van der Waals surface area contributed by atoms with E-state index in [4.69, 9.17) is 0 Å². The molecule has 0 radical (unpaired) electrons. The van der Waals surface area contributed by atoms with Crippen LogP contribution in [0.5, 0.6) is 0 Å². The van der Waals surface area contributed by atoms with Gasteiger partial charge in [-0.05, 0) is 29.3 Å². The molecule has 1 aromatic rings. The SMILES string of the molecule is CCC(O)c1nc(Br)sc1C. The summed E-state index contributed by atoms with van der Waals surface area (Å²) < 4.78 is 0.845. The second kappa shape index (κ2) is 3.65. The van der Waals surface area contributed by atoms with Gasteiger partial charge in [0.15, 0.2) is 3.92 Å². The Morgan fingerprint density at radius 3 is 2.73 bits per heavy atom. The van der Waals surface area contributed by atoms with E-state index in [2.05, 4.69) is 20.9 Å². The Morgan fingerprint density at radius 2 is 2.36 bits per heavy atom. The molecule has 0 amide bonds. The van der Waals surface area contributed by atoms with Crippen LogP contribution >= 0.6 is 27.3 Å². The molecule has 0 aromatic carbocycles. The fraction of sp³-hybridized carbons (Fsp3) is 0.571. The average molecular weight is 236 g/mol. The zero-order valence-corrected chi connectivity index (χ0v) is 8.87. The Morgan fingerprint density at radius 1 is 1.73 bits per heavy atom. The second-order valence-corrected chi connectivity index (χ2v) is 4.81. The van der Waals surface area contributed by atoms with Gasteiger partial charge in [-0.25, -0.2) is 4.98 Å². The first-order valence-electron chi connectivity index (χ1n) is 3.46. The summed E-state index contributed by atoms with van der Waals surface area (Å²) in [5.41, 5.74) is 0.810. The highest BCUT2D eigenvalue weighted by molar-refractivity contribution is 9.11. The number of nitrogens with zero attached hydrogens (tertiary/aromatic N) is 1. The van der Waals surface area contributed by atoms with E-state index in [1.54, 1.807) is 11.3 Å². The summed E-state index contributed by atoms with van der Waals surface area (Å²) in [4.78, 5) is 5.26. The van der Waals surface area contributed by atoms with E-state index in [0.29, 0.717) is 0 Å². The van der Waals surface area contributed by atoms with Crippen molar-refractivity contribution < 1.29 is 5.11 Å². The number of aliphatic hydroxyl groups excluding tert-OH is 1. The standard InChI is InChI=1S/C7H10BrNOS/c1-3-5(10)6-4(2)11-7(8)9-6/h5,10H,3H2,1-2H3. The first kappa shape index (κ1) is 9.16. The first-order valence-corrected chi connectivity index (χ1v) is 5.07. The van der Waals surface area contributed by atoms with E-state index in [0.717, 1.165) is 20.9 Å². The Hall–Kier alpha value is 0.0700. The normalized spacial score (nSPS) is 13.5. The monoisotopic (exact) mass is 235 g/mol. The third kappa shape index (κ3) is 2.01. The van der Waals surface area contributed by atoms with Gasteiger partial charge in [-0.1, -0.05) is 6.92 Å². The maximum absolute atomic E-state index is 9.45. The number of aryl methyl sites for hydroxylation is 1. The highest BCUT2D eigenvalue weighted by Crippen LogP contribution is 2.27. The molecule has 4 heteroatoms. The maximum Gasteiger partial charge on any atom is 0.159 e. The Kier molecular flexibility index (Phi) is 3.04. The fourth-order valence-corrected chi connectivity index (χ4v) is 2.48. The molecule has 1 heterocycles. The molecule has 0 saturated heterocycles. The van der Waals surface area contributed by atoms with Crippen molar-refractivity contribution in [2.75, 3.05) is 0 Å². The van der Waals surface area contributed by atoms with Crippen molar-refractivity contribution in [3.63, 3.8) is 0 Å². The fourth-order valence-electron chi connectivity index (χ4n) is 0.877. The van der Waals surface area contributed by atoms with Crippen molar-refractivity contribution in [3.8, 4) is 0 Å². The Labute approximate surface area is 78.4 Å². The van der Waals surface area contributed by atoms with Crippen LogP contribution in [0.2, 0.25) is 0 Å². The molecule has 0 saturated carbocycles. The lowest BCUT2D eigenvalue weighted by Crippen LogP contribution is -1.96. The number of thiazole rings is 1. The van der Waals surface area contributed by atoms with Gasteiger partial charge in [-0.2, -0.15) is 0 Å². The Balaban J connectivity index is 2.93. The lowest BCUT2D eigenvalue weighted by atomic mass is 10.2. The van der Waals surface area contributed by atoms with Gasteiger partial charge in [0.1, 0.15) is 0 Å². The molecule has 11 heavy (non-hydrogen) atoms. The van der Waals surface area contributed by atoms with Gasteiger partial charge in [0.25, 0.3) is 0 Å². The van der Waals surface area contributed by atoms with Crippen LogP contribution in [0.15, 0.2) is 3.92 Å². The Bertz CT molecular complexity index is 249. The summed E-state index contributed by atoms with van der Waals surface area (Å²) in [6, 6.07) is 0. The zero-order chi connectivity index (χ0) is 8.43. The van der Waals surface area contributed by atoms with Crippen LogP contribution in [-0.4, -0.2) is 10.1 Å². The topological polar surface area (TPSA) is 33.1 Å². The van der Waals surface area contributed by atoms with Crippen LogP contribution in [0.3, 0.4) is 0 Å². The minimum Gasteiger partial charge on any atom is -0.387 e. The van der Waals surface area contributed by atoms with Crippen LogP contribution in [0, 0.1) is 6.92 Å². The molecule has 0 aliphatic carbocycles. The molecule has 2 nitrogen and oxygen atoms in total. The molecule has 1 rings (SSSR count). The van der Waals surface area contributed by atoms with Crippen LogP contribution in [0.4, 0.5) is 0 Å². The number of aromatic nitrogens is 1. The molecule has 0 bridgehead atoms. The molecular formula is C7H10BrNOS. The van der Waals surface area contributed by atoms with Crippen molar-refractivity contribution >= 4 is 27.3 Å². The quantitative estimate of drug-likeness (QED) is 0.856. The highest BCUT2D eigenvalue weighted by Gasteiger charge is 2.12. The van der Waals surface area contributed by atoms with E-state index < -0.39 is 6.10 Å². The molecule has 0 aliphatic heterocycles. The van der Waals surface area contributed by atoms with Gasteiger partial charge < -0.3 is 5.11 Å². The third-order valence-corrected chi connectivity index (χ3v) is 2.95. The molecule has 1 N–H and O–H groups in total. The lowest BCUT2D eigenvalue weighted by Gasteiger charge is -2.03. The zero-order valence-electron chi connectivity index (χ0n) is 6.47. The third-order valence-electron chi connectivity index (χ3n) is 1.51. The molecule has 0 aliphatic rings. The van der Waals surface area contributed by atoms with Crippen LogP contribution in [0.25, 0.3) is 0 Å². The van der Waals surface area contributed by atoms with Gasteiger partial charge in [0.05, 0.1) is 11.8 Å². The van der Waals surface area contributed by atoms with E-state index >= 15 is 0 Å². The van der Waals surface area contributed by atoms with Crippen LogP contribution in [0.1, 0.15) is 30.0 Å². The summed E-state index contributed by atoms with van der Waals surface area (Å²) in [6.07, 6.45) is 0.314. The summed E-state index contributed by atoms with van der Waals surface area (Å²) in [5.74, 6) is 0. The van der Waals surface area contributed by atoms with Crippen molar-refractivity contribution in [2.45, 2.75) is 26.4 Å². The maximum atomic E-state index is 9.45. The first-order chi connectivity index (χ1) is 5.15. The lowest BCUT2D eigenvalue weighted by molar-refractivity contribution is 0.169. The number of halogens is 1. The van der Waals surface area contributed by atoms with E-state index in [1.165, 1.54) is 0 Å². The average Bonchev–Trinajstić information content (AvgIpc) is 2.28. The van der Waals surface area contributed by atoms with Gasteiger partial charge >= 0.3 is 0 Å². The number of hydrogen-bond donors (Lipinski definition) is 1. The molecule has 1 unspecified atom stereocenters. The number of hydrogen-bond acceptors (Lipinski definition) is 3. The number of aliphatic hydroxyl groups is 1. The van der Waals surface area contributed by atoms with Gasteiger partial charge in [0, 0.05) is 4.88 Å². The molecule has 1 aromatic heterocycles. The van der Waals surface area contributed by atoms with Crippen molar-refractivity contribution in [3.05, 3.63) is 14.5 Å². The van der Waals surface area contributed by atoms with E-state index in [1.807, 2.05) is 13.8 Å². The molecule has 0 fully saturated rings. The minimum absolute atomic E-state index is 0.405. The summed E-state index contributed by atoms with van der Waals surface area (Å²) >= 11 is 4.84. The van der Waals surface area contributed by atoms with E-state index in [-0.39, 0.29) is 0 Å².